The number of nitrogens with one attached hydrogen (secondary N) is 1. The van der Waals surface area contributed by atoms with E-state index in [9.17, 15) is 4.79 Å². The fourth-order valence-electron chi connectivity index (χ4n) is 4.53. The van der Waals surface area contributed by atoms with Crippen LogP contribution in [-0.2, 0) is 22.0 Å². The van der Waals surface area contributed by atoms with Gasteiger partial charge in [-0.15, -0.1) is 0 Å². The average Bonchev–Trinajstić information content (AvgIpc) is 3.25. The number of methoxy groups -OCH3 is 1. The van der Waals surface area contributed by atoms with Crippen LogP contribution in [0.25, 0.3) is 11.3 Å². The van der Waals surface area contributed by atoms with Gasteiger partial charge in [-0.1, -0.05) is 13.8 Å². The Balaban J connectivity index is 1.60. The highest BCUT2D eigenvalue weighted by atomic mass is 16.5. The largest absolute Gasteiger partial charge is 0.383 e. The molecule has 0 unspecified atom stereocenters. The highest BCUT2D eigenvalue weighted by Gasteiger charge is 2.39. The first kappa shape index (κ1) is 21.0. The van der Waals surface area contributed by atoms with Gasteiger partial charge in [-0.3, -0.25) is 19.4 Å². The molecule has 1 amide bonds. The summed E-state index contributed by atoms with van der Waals surface area (Å²) in [6, 6.07) is 2.59. The second-order valence-electron chi connectivity index (χ2n) is 9.20. The minimum Gasteiger partial charge on any atom is -0.383 e. The number of piperazine rings is 1. The van der Waals surface area contributed by atoms with Crippen LogP contribution in [0.1, 0.15) is 26.3 Å². The van der Waals surface area contributed by atoms with Crippen molar-refractivity contribution in [1.29, 1.82) is 0 Å². The summed E-state index contributed by atoms with van der Waals surface area (Å²) in [5.41, 5.74) is 3.74. The molecule has 30 heavy (non-hydrogen) atoms. The molecule has 2 aliphatic heterocycles. The summed E-state index contributed by atoms with van der Waals surface area (Å²) in [7, 11) is 3.60. The third-order valence-electron chi connectivity index (χ3n) is 6.18. The molecule has 4 heterocycles. The number of anilines is 1. The first-order chi connectivity index (χ1) is 14.3. The Kier molecular flexibility index (Phi) is 5.65. The molecule has 2 aromatic heterocycles. The molecule has 2 aromatic rings. The summed E-state index contributed by atoms with van der Waals surface area (Å²) < 4.78 is 7.15. The Labute approximate surface area is 178 Å². The van der Waals surface area contributed by atoms with Gasteiger partial charge < -0.3 is 15.0 Å². The van der Waals surface area contributed by atoms with Crippen molar-refractivity contribution in [3.05, 3.63) is 30.2 Å². The smallest absolute Gasteiger partial charge is 0.241 e. The van der Waals surface area contributed by atoms with E-state index in [4.69, 9.17) is 4.74 Å². The van der Waals surface area contributed by atoms with E-state index in [1.54, 1.807) is 18.0 Å². The molecule has 0 radical (unpaired) electrons. The van der Waals surface area contributed by atoms with Gasteiger partial charge in [0.1, 0.15) is 0 Å². The molecule has 0 bridgehead atoms. The monoisotopic (exact) mass is 412 g/mol. The van der Waals surface area contributed by atoms with E-state index < -0.39 is 0 Å². The molecular formula is C22H32N6O2. The van der Waals surface area contributed by atoms with Crippen LogP contribution >= 0.6 is 0 Å². The second-order valence-corrected chi connectivity index (χ2v) is 9.20. The van der Waals surface area contributed by atoms with Crippen molar-refractivity contribution < 1.29 is 9.53 Å². The van der Waals surface area contributed by atoms with Gasteiger partial charge >= 0.3 is 0 Å². The number of aryl methyl sites for hydroxylation is 1. The molecular weight excluding hydrogens is 380 g/mol. The van der Waals surface area contributed by atoms with Crippen LogP contribution in [0.2, 0.25) is 0 Å². The third kappa shape index (κ3) is 3.99. The Morgan fingerprint density at radius 1 is 1.37 bits per heavy atom. The van der Waals surface area contributed by atoms with Gasteiger partial charge in [-0.05, 0) is 13.0 Å². The van der Waals surface area contributed by atoms with Crippen LogP contribution in [0, 0.1) is 0 Å². The number of fused-ring (bicyclic) bond motifs is 1. The Morgan fingerprint density at radius 3 is 2.87 bits per heavy atom. The molecule has 8 heteroatoms. The molecule has 2 aliphatic rings. The number of pyridine rings is 1. The van der Waals surface area contributed by atoms with E-state index >= 15 is 0 Å². The molecule has 1 N–H and O–H groups in total. The Morgan fingerprint density at radius 2 is 2.17 bits per heavy atom. The number of carbonyl (C=O) groups excluding carboxylic acids is 1. The topological polar surface area (TPSA) is 75.5 Å². The summed E-state index contributed by atoms with van der Waals surface area (Å²) >= 11 is 0. The molecule has 8 nitrogen and oxygen atoms in total. The summed E-state index contributed by atoms with van der Waals surface area (Å²) in [6.45, 7) is 9.83. The highest BCUT2D eigenvalue weighted by Crippen LogP contribution is 2.41. The Hall–Kier alpha value is -2.29. The van der Waals surface area contributed by atoms with Gasteiger partial charge in [0.2, 0.25) is 5.91 Å². The van der Waals surface area contributed by atoms with Crippen LogP contribution in [0.15, 0.2) is 24.7 Å². The molecule has 1 fully saturated rings. The third-order valence-corrected chi connectivity index (χ3v) is 6.18. The van der Waals surface area contributed by atoms with Crippen molar-refractivity contribution in [1.82, 2.24) is 25.0 Å². The minimum absolute atomic E-state index is 0.125. The first-order valence-corrected chi connectivity index (χ1v) is 10.5. The number of carbonyl (C=O) groups is 1. The summed E-state index contributed by atoms with van der Waals surface area (Å²) in [6.07, 6.45) is 5.67. The van der Waals surface area contributed by atoms with E-state index in [0.717, 1.165) is 35.6 Å². The van der Waals surface area contributed by atoms with E-state index in [1.165, 1.54) is 0 Å². The van der Waals surface area contributed by atoms with Gasteiger partial charge in [-0.2, -0.15) is 5.10 Å². The maximum Gasteiger partial charge on any atom is 0.241 e. The standard InChI is InChI=1S/C22H32N6O2/c1-15-10-27(17(8-23-15)13-30-5)12-21(29)28-14-22(2,3)18-9-24-19(6-20(18)28)16-7-25-26(4)11-16/h6-7,9,11,15,17,23H,8,10,12-14H2,1-5H3/t15-,17-/m1/s1. The quantitative estimate of drug-likeness (QED) is 0.801. The number of amides is 1. The number of rotatable bonds is 5. The number of aromatic nitrogens is 3. The lowest BCUT2D eigenvalue weighted by Crippen LogP contribution is -2.59. The molecule has 1 saturated heterocycles. The van der Waals surface area contributed by atoms with Crippen LogP contribution < -0.4 is 10.2 Å². The summed E-state index contributed by atoms with van der Waals surface area (Å²) in [5, 5.41) is 7.73. The molecule has 0 aromatic carbocycles. The molecule has 0 spiro atoms. The molecule has 162 valence electrons. The zero-order valence-electron chi connectivity index (χ0n) is 18.6. The predicted octanol–water partition coefficient (Wildman–Crippen LogP) is 1.42. The molecule has 4 rings (SSSR count). The van der Waals surface area contributed by atoms with Crippen molar-refractivity contribution in [2.45, 2.75) is 38.3 Å². The lowest BCUT2D eigenvalue weighted by Gasteiger charge is -2.39. The fourth-order valence-corrected chi connectivity index (χ4v) is 4.53. The van der Waals surface area contributed by atoms with Crippen LogP contribution in [0.3, 0.4) is 0 Å². The zero-order chi connectivity index (χ0) is 21.5. The summed E-state index contributed by atoms with van der Waals surface area (Å²) in [4.78, 5) is 22.3. The van der Waals surface area contributed by atoms with Crippen molar-refractivity contribution in [2.24, 2.45) is 7.05 Å². The van der Waals surface area contributed by atoms with Gasteiger partial charge in [0, 0.05) is 74.8 Å². The van der Waals surface area contributed by atoms with E-state index in [0.29, 0.717) is 25.7 Å². The number of ether oxygens (including phenoxy) is 1. The van der Waals surface area contributed by atoms with Gasteiger partial charge in [0.05, 0.1) is 30.7 Å². The van der Waals surface area contributed by atoms with Crippen LogP contribution in [0.4, 0.5) is 5.69 Å². The summed E-state index contributed by atoms with van der Waals surface area (Å²) in [5.74, 6) is 0.125. The lowest BCUT2D eigenvalue weighted by atomic mass is 9.88. The maximum absolute atomic E-state index is 13.5. The molecule has 0 saturated carbocycles. The van der Waals surface area contributed by atoms with E-state index in [1.807, 2.05) is 30.4 Å². The average molecular weight is 413 g/mol. The number of hydrogen-bond acceptors (Lipinski definition) is 6. The lowest BCUT2D eigenvalue weighted by molar-refractivity contribution is -0.121. The van der Waals surface area contributed by atoms with Crippen molar-refractivity contribution in [3.8, 4) is 11.3 Å². The van der Waals surface area contributed by atoms with Gasteiger partial charge in [-0.25, -0.2) is 0 Å². The fraction of sp³-hybridized carbons (Fsp3) is 0.591. The van der Waals surface area contributed by atoms with Crippen molar-refractivity contribution >= 4 is 11.6 Å². The second kappa shape index (κ2) is 8.09. The molecule has 2 atom stereocenters. The van der Waals surface area contributed by atoms with Gasteiger partial charge in [0.25, 0.3) is 0 Å². The molecule has 0 aliphatic carbocycles. The number of nitrogens with zero attached hydrogens (tertiary/aromatic N) is 5. The zero-order valence-corrected chi connectivity index (χ0v) is 18.6. The first-order valence-electron chi connectivity index (χ1n) is 10.5. The van der Waals surface area contributed by atoms with Crippen LogP contribution in [-0.4, -0.2) is 77.6 Å². The predicted molar refractivity (Wildman–Crippen MR) is 117 cm³/mol. The van der Waals surface area contributed by atoms with Gasteiger partial charge in [0.15, 0.2) is 0 Å². The van der Waals surface area contributed by atoms with Crippen molar-refractivity contribution in [2.75, 3.05) is 44.8 Å². The number of hydrogen-bond donors (Lipinski definition) is 1. The van der Waals surface area contributed by atoms with Crippen LogP contribution in [0.5, 0.6) is 0 Å². The minimum atomic E-state index is -0.131. The highest BCUT2D eigenvalue weighted by molar-refractivity contribution is 5.98. The van der Waals surface area contributed by atoms with E-state index in [-0.39, 0.29) is 17.4 Å². The maximum atomic E-state index is 13.5. The SMILES string of the molecule is COC[C@H]1CN[C@H](C)CN1CC(=O)N1CC(C)(C)c2cnc(-c3cnn(C)c3)cc21. The Bertz CT molecular complexity index is 924. The van der Waals surface area contributed by atoms with E-state index in [2.05, 4.69) is 41.1 Å². The van der Waals surface area contributed by atoms with Crippen molar-refractivity contribution in [3.63, 3.8) is 0 Å². The normalized spacial score (nSPS) is 23.6.